The van der Waals surface area contributed by atoms with Gasteiger partial charge in [-0.2, -0.15) is 5.26 Å². The van der Waals surface area contributed by atoms with Crippen molar-refractivity contribution < 1.29 is 14.4 Å². The zero-order valence-corrected chi connectivity index (χ0v) is 15.3. The number of allylic oxidation sites excluding steroid dienone is 4. The van der Waals surface area contributed by atoms with E-state index in [1.807, 2.05) is 6.07 Å². The topological polar surface area (TPSA) is 75.0 Å². The molecule has 1 aromatic carbocycles. The fourth-order valence-corrected chi connectivity index (χ4v) is 3.97. The maximum Gasteiger partial charge on any atom is 0.252 e. The first-order valence-electron chi connectivity index (χ1n) is 7.25. The summed E-state index contributed by atoms with van der Waals surface area (Å²) in [5.41, 5.74) is -1.40. The molecule has 3 unspecified atom stereocenters. The first-order chi connectivity index (χ1) is 11.8. The molecule has 0 saturated carbocycles. The molecule has 0 bridgehead atoms. The van der Waals surface area contributed by atoms with Crippen molar-refractivity contribution in [3.63, 3.8) is 0 Å². The number of nitriles is 1. The number of rotatable bonds is 5. The quantitative estimate of drug-likeness (QED) is 0.708. The second kappa shape index (κ2) is 7.53. The van der Waals surface area contributed by atoms with Crippen LogP contribution in [-0.2, 0) is 19.8 Å². The van der Waals surface area contributed by atoms with Gasteiger partial charge < -0.3 is 0 Å². The van der Waals surface area contributed by atoms with Crippen LogP contribution in [0.2, 0.25) is 0 Å². The van der Waals surface area contributed by atoms with Crippen molar-refractivity contribution in [2.75, 3.05) is 0 Å². The third-order valence-electron chi connectivity index (χ3n) is 4.26. The van der Waals surface area contributed by atoms with E-state index in [0.717, 1.165) is 0 Å². The van der Waals surface area contributed by atoms with Crippen LogP contribution in [0.1, 0.15) is 12.5 Å². The van der Waals surface area contributed by atoms with Crippen LogP contribution in [0.4, 0.5) is 0 Å². The molecule has 7 heteroatoms. The van der Waals surface area contributed by atoms with Gasteiger partial charge in [0.25, 0.3) is 5.24 Å². The highest BCUT2D eigenvalue weighted by Gasteiger charge is 2.55. The number of carbonyl (C=O) groups is 3. The number of hydrogen-bond donors (Lipinski definition) is 0. The summed E-state index contributed by atoms with van der Waals surface area (Å²) in [4.78, 5) is 36.7. The Labute approximate surface area is 159 Å². The first kappa shape index (κ1) is 19.4. The van der Waals surface area contributed by atoms with E-state index in [2.05, 4.69) is 0 Å². The van der Waals surface area contributed by atoms with E-state index in [1.165, 1.54) is 19.1 Å². The smallest absolute Gasteiger partial charge is 0.252 e. The van der Waals surface area contributed by atoms with Gasteiger partial charge in [-0.15, -0.1) is 0 Å². The predicted octanol–water partition coefficient (Wildman–Crippen LogP) is 3.86. The highest BCUT2D eigenvalue weighted by Crippen LogP contribution is 2.50. The number of halogens is 3. The van der Waals surface area contributed by atoms with Gasteiger partial charge in [-0.25, -0.2) is 0 Å². The Kier molecular flexibility index (Phi) is 5.84. The van der Waals surface area contributed by atoms with Crippen LogP contribution in [0.5, 0.6) is 0 Å². The van der Waals surface area contributed by atoms with E-state index < -0.39 is 33.0 Å². The molecule has 0 amide bonds. The minimum Gasteiger partial charge on any atom is -0.281 e. The highest BCUT2D eigenvalue weighted by atomic mass is 35.5. The molecule has 0 saturated heterocycles. The standard InChI is InChI=1S/C18H12Cl3NO3/c1-10(9-22)14-12(15(19)23)7-8-13(16(20)24)18(14,17(21)25)11-5-3-2-4-6-11/h2-8,10,13H,1H3. The van der Waals surface area contributed by atoms with Gasteiger partial charge >= 0.3 is 0 Å². The third kappa shape index (κ3) is 3.16. The zero-order valence-electron chi connectivity index (χ0n) is 13.0. The van der Waals surface area contributed by atoms with Crippen molar-refractivity contribution in [1.29, 1.82) is 5.26 Å². The molecule has 0 aliphatic heterocycles. The second-order valence-corrected chi connectivity index (χ2v) is 6.60. The second-order valence-electron chi connectivity index (χ2n) is 5.54. The van der Waals surface area contributed by atoms with Gasteiger partial charge in [-0.3, -0.25) is 14.4 Å². The number of nitrogens with zero attached hydrogens (tertiary/aromatic N) is 1. The summed E-state index contributed by atoms with van der Waals surface area (Å²) in [5, 5.41) is 6.83. The van der Waals surface area contributed by atoms with Crippen LogP contribution in [0, 0.1) is 23.2 Å². The molecule has 1 aliphatic carbocycles. The Hall–Kier alpha value is -1.93. The Morgan fingerprint density at radius 2 is 1.76 bits per heavy atom. The SMILES string of the molecule is CC(C#N)C1=C(C(=O)Cl)C=CC(C(=O)Cl)C1(C(=O)Cl)c1ccccc1. The first-order valence-corrected chi connectivity index (χ1v) is 8.38. The molecule has 1 aromatic rings. The number of benzene rings is 1. The fraction of sp³-hybridized carbons (Fsp3) is 0.222. The lowest BCUT2D eigenvalue weighted by molar-refractivity contribution is -0.123. The van der Waals surface area contributed by atoms with Gasteiger partial charge in [0.15, 0.2) is 0 Å². The van der Waals surface area contributed by atoms with E-state index in [4.69, 9.17) is 34.8 Å². The average molecular weight is 397 g/mol. The fourth-order valence-electron chi connectivity index (χ4n) is 3.24. The van der Waals surface area contributed by atoms with Gasteiger partial charge in [0.05, 0.1) is 17.9 Å². The molecule has 3 atom stereocenters. The van der Waals surface area contributed by atoms with Crippen LogP contribution in [0.3, 0.4) is 0 Å². The van der Waals surface area contributed by atoms with Gasteiger partial charge in [-0.1, -0.05) is 42.5 Å². The maximum atomic E-state index is 12.7. The summed E-state index contributed by atoms with van der Waals surface area (Å²) in [6.07, 6.45) is 2.64. The van der Waals surface area contributed by atoms with Crippen LogP contribution in [0.25, 0.3) is 0 Å². The molecule has 0 fully saturated rings. The largest absolute Gasteiger partial charge is 0.281 e. The molecule has 1 aliphatic rings. The molecule has 0 aromatic heterocycles. The molecular weight excluding hydrogens is 385 g/mol. The van der Waals surface area contributed by atoms with Crippen molar-refractivity contribution >= 4 is 50.5 Å². The molecule has 0 radical (unpaired) electrons. The van der Waals surface area contributed by atoms with Gasteiger partial charge in [0, 0.05) is 5.57 Å². The Morgan fingerprint density at radius 3 is 2.20 bits per heavy atom. The lowest BCUT2D eigenvalue weighted by Gasteiger charge is -2.41. The zero-order chi connectivity index (χ0) is 18.8. The van der Waals surface area contributed by atoms with E-state index >= 15 is 0 Å². The summed E-state index contributed by atoms with van der Waals surface area (Å²) in [6.45, 7) is 1.50. The minimum atomic E-state index is -1.79. The summed E-state index contributed by atoms with van der Waals surface area (Å²) in [7, 11) is 0. The van der Waals surface area contributed by atoms with Crippen LogP contribution >= 0.6 is 34.8 Å². The van der Waals surface area contributed by atoms with E-state index in [0.29, 0.717) is 5.56 Å². The van der Waals surface area contributed by atoms with Crippen molar-refractivity contribution in [3.05, 3.63) is 59.2 Å². The number of carbonyl (C=O) groups excluding carboxylic acids is 3. The van der Waals surface area contributed by atoms with Crippen molar-refractivity contribution in [1.82, 2.24) is 0 Å². The van der Waals surface area contributed by atoms with Crippen molar-refractivity contribution in [3.8, 4) is 6.07 Å². The van der Waals surface area contributed by atoms with Crippen LogP contribution in [-0.4, -0.2) is 15.7 Å². The molecule has 0 spiro atoms. The Balaban J connectivity index is 3.01. The molecule has 0 N–H and O–H groups in total. The highest BCUT2D eigenvalue weighted by molar-refractivity contribution is 6.70. The lowest BCUT2D eigenvalue weighted by Crippen LogP contribution is -2.48. The number of hydrogen-bond acceptors (Lipinski definition) is 4. The summed E-state index contributed by atoms with van der Waals surface area (Å²) in [6, 6.07) is 10.2. The minimum absolute atomic E-state index is 0.0391. The van der Waals surface area contributed by atoms with E-state index in [1.54, 1.807) is 30.3 Å². The molecule has 4 nitrogen and oxygen atoms in total. The molecular formula is C18H12Cl3NO3. The molecule has 2 rings (SSSR count). The van der Waals surface area contributed by atoms with Crippen LogP contribution < -0.4 is 0 Å². The van der Waals surface area contributed by atoms with E-state index in [-0.39, 0.29) is 11.1 Å². The summed E-state index contributed by atoms with van der Waals surface area (Å²) in [5.74, 6) is -2.09. The van der Waals surface area contributed by atoms with Crippen LogP contribution in [0.15, 0.2) is 53.6 Å². The third-order valence-corrected chi connectivity index (χ3v) is 5.00. The maximum absolute atomic E-state index is 12.7. The molecule has 0 heterocycles. The normalized spacial score (nSPS) is 23.7. The van der Waals surface area contributed by atoms with Gasteiger partial charge in [0.2, 0.25) is 10.5 Å². The monoisotopic (exact) mass is 395 g/mol. The van der Waals surface area contributed by atoms with Gasteiger partial charge in [-0.05, 0) is 52.9 Å². The van der Waals surface area contributed by atoms with Crippen molar-refractivity contribution in [2.24, 2.45) is 11.8 Å². The van der Waals surface area contributed by atoms with Crippen molar-refractivity contribution in [2.45, 2.75) is 12.3 Å². The summed E-state index contributed by atoms with van der Waals surface area (Å²) >= 11 is 17.4. The Bertz CT molecular complexity index is 839. The molecule has 128 valence electrons. The predicted molar refractivity (Wildman–Crippen MR) is 95.1 cm³/mol. The lowest BCUT2D eigenvalue weighted by atomic mass is 9.60. The van der Waals surface area contributed by atoms with Gasteiger partial charge in [0.1, 0.15) is 5.41 Å². The summed E-state index contributed by atoms with van der Waals surface area (Å²) < 4.78 is 0. The van der Waals surface area contributed by atoms with E-state index in [9.17, 15) is 19.6 Å². The Morgan fingerprint density at radius 1 is 1.16 bits per heavy atom. The average Bonchev–Trinajstić information content (AvgIpc) is 2.59. The molecule has 25 heavy (non-hydrogen) atoms.